The number of hydrogen-bond donors (Lipinski definition) is 0. The van der Waals surface area contributed by atoms with Gasteiger partial charge in [0.05, 0.1) is 5.56 Å². The van der Waals surface area contributed by atoms with Crippen molar-refractivity contribution in [1.29, 1.82) is 0 Å². The molecule has 1 fully saturated rings. The van der Waals surface area contributed by atoms with Crippen molar-refractivity contribution in [3.63, 3.8) is 0 Å². The molecule has 1 aliphatic rings. The summed E-state index contributed by atoms with van der Waals surface area (Å²) >= 11 is 3.13. The Morgan fingerprint density at radius 3 is 2.65 bits per heavy atom. The molecule has 1 atom stereocenters. The van der Waals surface area contributed by atoms with Crippen LogP contribution in [0.3, 0.4) is 0 Å². The van der Waals surface area contributed by atoms with Gasteiger partial charge >= 0.3 is 6.18 Å². The third-order valence-corrected chi connectivity index (χ3v) is 4.53. The van der Waals surface area contributed by atoms with Crippen LogP contribution in [0, 0.1) is 5.92 Å². The molecule has 0 bridgehead atoms. The second-order valence-corrected chi connectivity index (χ2v) is 6.06. The molecule has 0 aliphatic carbocycles. The molecule has 1 saturated heterocycles. The van der Waals surface area contributed by atoms with Crippen LogP contribution >= 0.6 is 15.9 Å². The standard InChI is InChI=1S/C15H19BrF3N/c1-11-3-2-7-20(8-6-11)13-5-4-12(10-16)14(9-13)15(17,18)19/h4-5,9,11H,2-3,6-8,10H2,1H3. The molecule has 1 unspecified atom stereocenters. The minimum Gasteiger partial charge on any atom is -0.372 e. The van der Waals surface area contributed by atoms with Crippen molar-refractivity contribution in [3.8, 4) is 0 Å². The highest BCUT2D eigenvalue weighted by atomic mass is 79.9. The predicted octanol–water partition coefficient (Wildman–Crippen LogP) is 5.23. The fourth-order valence-corrected chi connectivity index (χ4v) is 3.15. The van der Waals surface area contributed by atoms with Crippen LogP contribution in [-0.2, 0) is 11.5 Å². The number of benzene rings is 1. The first kappa shape index (κ1) is 15.7. The van der Waals surface area contributed by atoms with E-state index in [1.165, 1.54) is 6.07 Å². The Bertz CT molecular complexity index is 459. The minimum absolute atomic E-state index is 0.221. The normalized spacial score (nSPS) is 20.9. The molecule has 0 radical (unpaired) electrons. The molecular weight excluding hydrogens is 331 g/mol. The average molecular weight is 350 g/mol. The Hall–Kier alpha value is -0.710. The molecule has 2 rings (SSSR count). The SMILES string of the molecule is CC1CCCN(c2ccc(CBr)c(C(F)(F)F)c2)CC1. The Labute approximate surface area is 126 Å². The fourth-order valence-electron chi connectivity index (χ4n) is 2.66. The van der Waals surface area contributed by atoms with E-state index >= 15 is 0 Å². The fraction of sp³-hybridized carbons (Fsp3) is 0.600. The summed E-state index contributed by atoms with van der Waals surface area (Å²) in [5.41, 5.74) is 0.463. The van der Waals surface area contributed by atoms with Gasteiger partial charge in [0.25, 0.3) is 0 Å². The van der Waals surface area contributed by atoms with E-state index in [-0.39, 0.29) is 5.33 Å². The monoisotopic (exact) mass is 349 g/mol. The van der Waals surface area contributed by atoms with Crippen molar-refractivity contribution < 1.29 is 13.2 Å². The van der Waals surface area contributed by atoms with E-state index < -0.39 is 11.7 Å². The molecule has 0 N–H and O–H groups in total. The van der Waals surface area contributed by atoms with Crippen LogP contribution in [0.2, 0.25) is 0 Å². The lowest BCUT2D eigenvalue weighted by atomic mass is 10.0. The van der Waals surface area contributed by atoms with Crippen LogP contribution < -0.4 is 4.90 Å². The summed E-state index contributed by atoms with van der Waals surface area (Å²) in [6.07, 6.45) is -1.05. The maximum absolute atomic E-state index is 13.1. The quantitative estimate of drug-likeness (QED) is 0.661. The van der Waals surface area contributed by atoms with Crippen molar-refractivity contribution in [3.05, 3.63) is 29.3 Å². The second-order valence-electron chi connectivity index (χ2n) is 5.50. The molecular formula is C15H19BrF3N. The summed E-state index contributed by atoms with van der Waals surface area (Å²) in [6.45, 7) is 3.89. The van der Waals surface area contributed by atoms with Crippen LogP contribution in [0.25, 0.3) is 0 Å². The molecule has 5 heteroatoms. The highest BCUT2D eigenvalue weighted by Gasteiger charge is 2.33. The van der Waals surface area contributed by atoms with Gasteiger partial charge in [0.2, 0.25) is 0 Å². The van der Waals surface area contributed by atoms with Crippen molar-refractivity contribution >= 4 is 21.6 Å². The van der Waals surface area contributed by atoms with Gasteiger partial charge in [-0.25, -0.2) is 0 Å². The van der Waals surface area contributed by atoms with Gasteiger partial charge in [0, 0.05) is 24.1 Å². The van der Waals surface area contributed by atoms with E-state index in [1.807, 2.05) is 6.07 Å². The lowest BCUT2D eigenvalue weighted by Gasteiger charge is -2.24. The Morgan fingerprint density at radius 1 is 1.25 bits per heavy atom. The number of hydrogen-bond acceptors (Lipinski definition) is 1. The van der Waals surface area contributed by atoms with E-state index in [2.05, 4.69) is 27.8 Å². The molecule has 112 valence electrons. The van der Waals surface area contributed by atoms with Crippen LogP contribution in [-0.4, -0.2) is 13.1 Å². The summed E-state index contributed by atoms with van der Waals surface area (Å²) in [6, 6.07) is 4.69. The molecule has 0 spiro atoms. The Morgan fingerprint density at radius 2 is 2.00 bits per heavy atom. The van der Waals surface area contributed by atoms with Gasteiger partial charge in [-0.1, -0.05) is 28.9 Å². The number of rotatable bonds is 2. The van der Waals surface area contributed by atoms with Crippen molar-refractivity contribution in [2.75, 3.05) is 18.0 Å². The molecule has 0 amide bonds. The summed E-state index contributed by atoms with van der Waals surface area (Å²) in [5, 5.41) is 0.221. The van der Waals surface area contributed by atoms with Crippen LogP contribution in [0.1, 0.15) is 37.3 Å². The van der Waals surface area contributed by atoms with Gasteiger partial charge in [-0.05, 0) is 42.9 Å². The van der Waals surface area contributed by atoms with Crippen molar-refractivity contribution in [2.24, 2.45) is 5.92 Å². The third kappa shape index (κ3) is 3.68. The first-order valence-electron chi connectivity index (χ1n) is 6.93. The van der Waals surface area contributed by atoms with E-state index in [0.717, 1.165) is 32.4 Å². The zero-order valence-corrected chi connectivity index (χ0v) is 13.1. The van der Waals surface area contributed by atoms with Crippen LogP contribution in [0.4, 0.5) is 18.9 Å². The molecule has 20 heavy (non-hydrogen) atoms. The first-order valence-corrected chi connectivity index (χ1v) is 8.05. The van der Waals surface area contributed by atoms with E-state index in [9.17, 15) is 13.2 Å². The maximum Gasteiger partial charge on any atom is 0.416 e. The first-order chi connectivity index (χ1) is 9.41. The smallest absolute Gasteiger partial charge is 0.372 e. The van der Waals surface area contributed by atoms with E-state index in [4.69, 9.17) is 0 Å². The van der Waals surface area contributed by atoms with Gasteiger partial charge in [0.15, 0.2) is 0 Å². The van der Waals surface area contributed by atoms with Gasteiger partial charge in [-0.2, -0.15) is 13.2 Å². The van der Waals surface area contributed by atoms with E-state index in [1.54, 1.807) is 6.07 Å². The zero-order chi connectivity index (χ0) is 14.8. The third-order valence-electron chi connectivity index (χ3n) is 3.92. The number of alkyl halides is 4. The van der Waals surface area contributed by atoms with Crippen molar-refractivity contribution in [1.82, 2.24) is 0 Å². The summed E-state index contributed by atoms with van der Waals surface area (Å²) in [7, 11) is 0. The summed E-state index contributed by atoms with van der Waals surface area (Å²) in [5.74, 6) is 0.656. The minimum atomic E-state index is -4.29. The van der Waals surface area contributed by atoms with Crippen LogP contribution in [0.15, 0.2) is 18.2 Å². The molecule has 1 aromatic rings. The molecule has 0 aromatic heterocycles. The topological polar surface area (TPSA) is 3.24 Å². The number of anilines is 1. The largest absolute Gasteiger partial charge is 0.416 e. The van der Waals surface area contributed by atoms with Gasteiger partial charge in [0.1, 0.15) is 0 Å². The summed E-state index contributed by atoms with van der Waals surface area (Å²) < 4.78 is 39.3. The zero-order valence-electron chi connectivity index (χ0n) is 11.5. The molecule has 1 heterocycles. The lowest BCUT2D eigenvalue weighted by Crippen LogP contribution is -2.24. The highest BCUT2D eigenvalue weighted by molar-refractivity contribution is 9.08. The highest BCUT2D eigenvalue weighted by Crippen LogP contribution is 2.36. The summed E-state index contributed by atoms with van der Waals surface area (Å²) in [4.78, 5) is 2.08. The predicted molar refractivity (Wildman–Crippen MR) is 79.3 cm³/mol. The molecule has 0 saturated carbocycles. The molecule has 1 nitrogen and oxygen atoms in total. The van der Waals surface area contributed by atoms with Gasteiger partial charge in [-0.3, -0.25) is 0 Å². The van der Waals surface area contributed by atoms with Gasteiger partial charge < -0.3 is 4.90 Å². The molecule has 1 aromatic carbocycles. The Kier molecular flexibility index (Phi) is 4.99. The molecule has 1 aliphatic heterocycles. The lowest BCUT2D eigenvalue weighted by molar-refractivity contribution is -0.138. The number of halogens is 4. The van der Waals surface area contributed by atoms with Crippen LogP contribution in [0.5, 0.6) is 0 Å². The Balaban J connectivity index is 2.28. The number of nitrogens with zero attached hydrogens (tertiary/aromatic N) is 1. The van der Waals surface area contributed by atoms with Gasteiger partial charge in [-0.15, -0.1) is 0 Å². The average Bonchev–Trinajstić information content (AvgIpc) is 2.62. The van der Waals surface area contributed by atoms with E-state index in [0.29, 0.717) is 17.2 Å². The second kappa shape index (κ2) is 6.37. The van der Waals surface area contributed by atoms with Crippen molar-refractivity contribution in [2.45, 2.75) is 37.7 Å². The maximum atomic E-state index is 13.1.